The van der Waals surface area contributed by atoms with E-state index in [1.165, 1.54) is 24.1 Å². The standard InChI is InChI=1S/C23H20F3N3OS/c1-15-3-2-4-22(28-15)31-29-21-14-27-20-10-5-16(13-19(20)21)11-12-30-18-8-6-17(7-9-18)23(24,25)26/h2-10,13-14,27,29H,11-12H2,1H3. The van der Waals surface area contributed by atoms with Gasteiger partial charge in [-0.15, -0.1) is 0 Å². The van der Waals surface area contributed by atoms with Crippen LogP contribution >= 0.6 is 11.9 Å². The maximum Gasteiger partial charge on any atom is 0.416 e. The van der Waals surface area contributed by atoms with Crippen LogP contribution in [0.5, 0.6) is 5.75 Å². The second-order valence-electron chi connectivity index (χ2n) is 7.02. The molecule has 4 rings (SSSR count). The van der Waals surface area contributed by atoms with Gasteiger partial charge in [-0.3, -0.25) is 0 Å². The minimum Gasteiger partial charge on any atom is -0.493 e. The monoisotopic (exact) mass is 443 g/mol. The highest BCUT2D eigenvalue weighted by atomic mass is 32.2. The fourth-order valence-electron chi connectivity index (χ4n) is 3.12. The largest absolute Gasteiger partial charge is 0.493 e. The fraction of sp³-hybridized carbons (Fsp3) is 0.174. The van der Waals surface area contributed by atoms with E-state index >= 15 is 0 Å². The van der Waals surface area contributed by atoms with E-state index in [0.717, 1.165) is 45.0 Å². The summed E-state index contributed by atoms with van der Waals surface area (Å²) in [6.07, 6.45) is -1.80. The first-order valence-electron chi connectivity index (χ1n) is 9.65. The number of benzene rings is 2. The van der Waals surface area contributed by atoms with Crippen LogP contribution in [0.2, 0.25) is 0 Å². The number of aromatic nitrogens is 2. The fourth-order valence-corrected chi connectivity index (χ4v) is 3.84. The number of nitrogens with zero attached hydrogens (tertiary/aromatic N) is 1. The van der Waals surface area contributed by atoms with Gasteiger partial charge in [0, 0.05) is 41.2 Å². The summed E-state index contributed by atoms with van der Waals surface area (Å²) in [5.41, 5.74) is 3.31. The van der Waals surface area contributed by atoms with Crippen molar-refractivity contribution in [1.82, 2.24) is 9.97 Å². The molecule has 0 saturated carbocycles. The van der Waals surface area contributed by atoms with Crippen LogP contribution in [0.25, 0.3) is 10.9 Å². The molecule has 0 aliphatic heterocycles. The molecule has 0 bridgehead atoms. The number of hydrogen-bond acceptors (Lipinski definition) is 4. The van der Waals surface area contributed by atoms with Gasteiger partial charge in [0.1, 0.15) is 10.8 Å². The maximum atomic E-state index is 12.6. The lowest BCUT2D eigenvalue weighted by Crippen LogP contribution is -2.05. The predicted octanol–water partition coefficient (Wildman–Crippen LogP) is 6.63. The van der Waals surface area contributed by atoms with Crippen LogP contribution < -0.4 is 9.46 Å². The molecule has 2 aromatic carbocycles. The van der Waals surface area contributed by atoms with E-state index in [4.69, 9.17) is 4.74 Å². The van der Waals surface area contributed by atoms with Gasteiger partial charge in [0.05, 0.1) is 17.9 Å². The Morgan fingerprint density at radius 1 is 1.06 bits per heavy atom. The number of hydrogen-bond donors (Lipinski definition) is 2. The average Bonchev–Trinajstić information content (AvgIpc) is 3.14. The number of nitrogens with one attached hydrogen (secondary N) is 2. The van der Waals surface area contributed by atoms with Crippen molar-refractivity contribution < 1.29 is 17.9 Å². The maximum absolute atomic E-state index is 12.6. The molecule has 2 N–H and O–H groups in total. The molecule has 0 aliphatic rings. The van der Waals surface area contributed by atoms with Crippen LogP contribution in [0, 0.1) is 6.92 Å². The number of fused-ring (bicyclic) bond motifs is 1. The minimum atomic E-state index is -4.34. The molecule has 0 unspecified atom stereocenters. The Balaban J connectivity index is 1.38. The summed E-state index contributed by atoms with van der Waals surface area (Å²) in [7, 11) is 0. The van der Waals surface area contributed by atoms with Crippen LogP contribution in [0.15, 0.2) is 71.9 Å². The molecule has 0 aliphatic carbocycles. The van der Waals surface area contributed by atoms with E-state index in [-0.39, 0.29) is 0 Å². The van der Waals surface area contributed by atoms with E-state index in [1.807, 2.05) is 43.5 Å². The topological polar surface area (TPSA) is 49.9 Å². The first kappa shape index (κ1) is 21.1. The van der Waals surface area contributed by atoms with E-state index in [0.29, 0.717) is 18.8 Å². The lowest BCUT2D eigenvalue weighted by Gasteiger charge is -2.09. The van der Waals surface area contributed by atoms with E-state index in [1.54, 1.807) is 0 Å². The molecule has 160 valence electrons. The molecule has 0 radical (unpaired) electrons. The SMILES string of the molecule is Cc1cccc(SNc2c[nH]c3ccc(CCOc4ccc(C(F)(F)F)cc4)cc23)n1. The summed E-state index contributed by atoms with van der Waals surface area (Å²) >= 11 is 1.45. The predicted molar refractivity (Wildman–Crippen MR) is 117 cm³/mol. The molecular weight excluding hydrogens is 423 g/mol. The van der Waals surface area contributed by atoms with Gasteiger partial charge in [-0.1, -0.05) is 12.1 Å². The summed E-state index contributed by atoms with van der Waals surface area (Å²) in [4.78, 5) is 7.71. The van der Waals surface area contributed by atoms with Crippen LogP contribution in [0.3, 0.4) is 0 Å². The molecule has 4 aromatic rings. The van der Waals surface area contributed by atoms with Gasteiger partial charge in [0.15, 0.2) is 0 Å². The summed E-state index contributed by atoms with van der Waals surface area (Å²) in [5, 5.41) is 1.93. The Morgan fingerprint density at radius 2 is 1.87 bits per heavy atom. The average molecular weight is 443 g/mol. The van der Waals surface area contributed by atoms with Crippen LogP contribution in [-0.2, 0) is 12.6 Å². The van der Waals surface area contributed by atoms with Crippen LogP contribution in [0.4, 0.5) is 18.9 Å². The van der Waals surface area contributed by atoms with Gasteiger partial charge in [0.25, 0.3) is 0 Å². The van der Waals surface area contributed by atoms with E-state index in [2.05, 4.69) is 20.8 Å². The minimum absolute atomic E-state index is 0.367. The highest BCUT2D eigenvalue weighted by Gasteiger charge is 2.30. The van der Waals surface area contributed by atoms with E-state index in [9.17, 15) is 13.2 Å². The van der Waals surface area contributed by atoms with Gasteiger partial charge in [-0.2, -0.15) is 13.2 Å². The second kappa shape index (κ2) is 8.93. The Kier molecular flexibility index (Phi) is 6.08. The second-order valence-corrected chi connectivity index (χ2v) is 7.85. The van der Waals surface area contributed by atoms with Crippen molar-refractivity contribution in [3.63, 3.8) is 0 Å². The molecule has 0 saturated heterocycles. The lowest BCUT2D eigenvalue weighted by molar-refractivity contribution is -0.137. The molecule has 0 fully saturated rings. The number of aromatic amines is 1. The number of aryl methyl sites for hydroxylation is 1. The van der Waals surface area contributed by atoms with Crippen LogP contribution in [-0.4, -0.2) is 16.6 Å². The molecular formula is C23H20F3N3OS. The van der Waals surface area contributed by atoms with Gasteiger partial charge in [-0.05, 0) is 61.0 Å². The van der Waals surface area contributed by atoms with Crippen molar-refractivity contribution in [3.8, 4) is 5.75 Å². The summed E-state index contributed by atoms with van der Waals surface area (Å²) in [5.74, 6) is 0.417. The Hall–Kier alpha value is -3.13. The normalized spacial score (nSPS) is 11.6. The molecule has 4 nitrogen and oxygen atoms in total. The number of pyridine rings is 1. The smallest absolute Gasteiger partial charge is 0.416 e. The summed E-state index contributed by atoms with van der Waals surface area (Å²) in [6, 6.07) is 16.7. The summed E-state index contributed by atoms with van der Waals surface area (Å²) < 4.78 is 46.9. The Bertz CT molecular complexity index is 1170. The zero-order chi connectivity index (χ0) is 21.8. The molecule has 8 heteroatoms. The van der Waals surface area contributed by atoms with Gasteiger partial charge in [-0.25, -0.2) is 4.98 Å². The zero-order valence-corrected chi connectivity index (χ0v) is 17.5. The van der Waals surface area contributed by atoms with E-state index < -0.39 is 11.7 Å². The Morgan fingerprint density at radius 3 is 2.61 bits per heavy atom. The van der Waals surface area contributed by atoms with Crippen molar-refractivity contribution in [3.05, 3.63) is 83.7 Å². The molecule has 2 heterocycles. The molecule has 0 spiro atoms. The Labute approximate surface area is 182 Å². The van der Waals surface area contributed by atoms with Crippen molar-refractivity contribution in [2.75, 3.05) is 11.3 Å². The highest BCUT2D eigenvalue weighted by molar-refractivity contribution is 8.00. The zero-order valence-electron chi connectivity index (χ0n) is 16.7. The first-order chi connectivity index (χ1) is 14.9. The van der Waals surface area contributed by atoms with Crippen molar-refractivity contribution >= 4 is 28.5 Å². The van der Waals surface area contributed by atoms with Crippen LogP contribution in [0.1, 0.15) is 16.8 Å². The summed E-state index contributed by atoms with van der Waals surface area (Å²) in [6.45, 7) is 2.32. The number of rotatable bonds is 7. The number of alkyl halides is 3. The van der Waals surface area contributed by atoms with Gasteiger partial charge >= 0.3 is 6.18 Å². The molecule has 31 heavy (non-hydrogen) atoms. The quantitative estimate of drug-likeness (QED) is 0.315. The third-order valence-corrected chi connectivity index (χ3v) is 5.47. The van der Waals surface area contributed by atoms with Gasteiger partial charge < -0.3 is 14.4 Å². The number of H-pyrrole nitrogens is 1. The molecule has 0 amide bonds. The number of halogens is 3. The first-order valence-corrected chi connectivity index (χ1v) is 10.5. The number of anilines is 1. The van der Waals surface area contributed by atoms with Crippen molar-refractivity contribution in [1.29, 1.82) is 0 Å². The number of ether oxygens (including phenoxy) is 1. The van der Waals surface area contributed by atoms with Crippen molar-refractivity contribution in [2.24, 2.45) is 0 Å². The highest BCUT2D eigenvalue weighted by Crippen LogP contribution is 2.31. The molecule has 0 atom stereocenters. The van der Waals surface area contributed by atoms with Gasteiger partial charge in [0.2, 0.25) is 0 Å². The third-order valence-electron chi connectivity index (χ3n) is 4.72. The third kappa shape index (κ3) is 5.32. The van der Waals surface area contributed by atoms with Crippen molar-refractivity contribution in [2.45, 2.75) is 24.5 Å². The molecule has 2 aromatic heterocycles. The lowest BCUT2D eigenvalue weighted by atomic mass is 10.1.